The number of halogens is 3. The van der Waals surface area contributed by atoms with Crippen molar-refractivity contribution in [3.05, 3.63) is 59.2 Å². The van der Waals surface area contributed by atoms with Gasteiger partial charge < -0.3 is 19.7 Å². The lowest BCUT2D eigenvalue weighted by Gasteiger charge is -2.20. The van der Waals surface area contributed by atoms with E-state index in [1.54, 1.807) is 6.07 Å². The molecule has 1 atom stereocenters. The number of nitrogens with zero attached hydrogens (tertiary/aromatic N) is 1. The van der Waals surface area contributed by atoms with Crippen molar-refractivity contribution in [2.45, 2.75) is 31.7 Å². The molecule has 0 radical (unpaired) electrons. The minimum atomic E-state index is -4.44. The zero-order valence-electron chi connectivity index (χ0n) is 15.0. The maximum absolute atomic E-state index is 13.2. The largest absolute Gasteiger partial charge is 0.454 e. The molecule has 0 unspecified atom stereocenters. The maximum atomic E-state index is 13.2. The smallest absolute Gasteiger partial charge is 0.416 e. The van der Waals surface area contributed by atoms with Crippen LogP contribution in [0, 0.1) is 0 Å². The number of fused-ring (bicyclic) bond motifs is 1. The molecule has 0 spiro atoms. The molecule has 2 heterocycles. The van der Waals surface area contributed by atoms with Crippen molar-refractivity contribution in [1.82, 2.24) is 10.2 Å². The summed E-state index contributed by atoms with van der Waals surface area (Å²) in [5.74, 6) is 1.22. The van der Waals surface area contributed by atoms with E-state index in [0.717, 1.165) is 11.6 Å². The molecule has 0 saturated carbocycles. The first kappa shape index (κ1) is 18.6. The third-order valence-corrected chi connectivity index (χ3v) is 4.96. The van der Waals surface area contributed by atoms with Gasteiger partial charge in [-0.05, 0) is 17.7 Å². The Morgan fingerprint density at radius 1 is 1.07 bits per heavy atom. The number of amides is 1. The summed E-state index contributed by atoms with van der Waals surface area (Å²) in [7, 11) is 0. The van der Waals surface area contributed by atoms with Crippen LogP contribution in [0.4, 0.5) is 13.2 Å². The Hall–Kier alpha value is -2.74. The highest BCUT2D eigenvalue weighted by Crippen LogP contribution is 2.35. The molecule has 2 aromatic carbocycles. The third kappa shape index (κ3) is 3.77. The van der Waals surface area contributed by atoms with Crippen molar-refractivity contribution in [1.29, 1.82) is 0 Å². The third-order valence-electron chi connectivity index (χ3n) is 4.96. The van der Waals surface area contributed by atoms with Crippen LogP contribution in [0.1, 0.15) is 23.1 Å². The Bertz CT molecular complexity index is 885. The molecule has 2 aliphatic heterocycles. The summed E-state index contributed by atoms with van der Waals surface area (Å²) in [5.41, 5.74) is 0.329. The zero-order chi connectivity index (χ0) is 19.7. The van der Waals surface area contributed by atoms with Gasteiger partial charge in [0.05, 0.1) is 5.56 Å². The second-order valence-electron chi connectivity index (χ2n) is 6.86. The van der Waals surface area contributed by atoms with Crippen molar-refractivity contribution >= 4 is 5.91 Å². The van der Waals surface area contributed by atoms with Crippen LogP contribution in [0.15, 0.2) is 42.5 Å². The Labute approximate surface area is 160 Å². The minimum absolute atomic E-state index is 0.0512. The van der Waals surface area contributed by atoms with E-state index in [4.69, 9.17) is 9.47 Å². The Morgan fingerprint density at radius 3 is 2.68 bits per heavy atom. The van der Waals surface area contributed by atoms with Gasteiger partial charge in [-0.3, -0.25) is 4.79 Å². The maximum Gasteiger partial charge on any atom is 0.416 e. The molecule has 1 saturated heterocycles. The predicted octanol–water partition coefficient (Wildman–Crippen LogP) is 3.32. The molecule has 1 amide bonds. The molecular weight excluding hydrogens is 373 g/mol. The molecule has 0 aliphatic carbocycles. The van der Waals surface area contributed by atoms with E-state index in [-0.39, 0.29) is 37.3 Å². The summed E-state index contributed by atoms with van der Waals surface area (Å²) in [6.07, 6.45) is -4.19. The normalized spacial score (nSPS) is 18.8. The molecule has 8 heteroatoms. The number of carbonyl (C=O) groups excluding carboxylic acids is 1. The highest BCUT2D eigenvalue weighted by molar-refractivity contribution is 5.79. The van der Waals surface area contributed by atoms with Gasteiger partial charge in [0, 0.05) is 37.7 Å². The van der Waals surface area contributed by atoms with Crippen molar-refractivity contribution < 1.29 is 27.4 Å². The molecule has 0 bridgehead atoms. The van der Waals surface area contributed by atoms with Crippen molar-refractivity contribution in [3.63, 3.8) is 0 Å². The summed E-state index contributed by atoms with van der Waals surface area (Å²) in [6.45, 7) is 0.972. The number of para-hydroxylation sites is 1. The second kappa shape index (κ2) is 7.35. The lowest BCUT2D eigenvalue weighted by Crippen LogP contribution is -2.32. The van der Waals surface area contributed by atoms with E-state index >= 15 is 0 Å². The second-order valence-corrected chi connectivity index (χ2v) is 6.86. The fourth-order valence-corrected chi connectivity index (χ4v) is 3.59. The molecule has 28 heavy (non-hydrogen) atoms. The number of rotatable bonds is 5. The van der Waals surface area contributed by atoms with Crippen LogP contribution in [0.25, 0.3) is 0 Å². The molecule has 0 aromatic heterocycles. The van der Waals surface area contributed by atoms with Crippen LogP contribution in [0.2, 0.25) is 0 Å². The Kier molecular flexibility index (Phi) is 4.89. The monoisotopic (exact) mass is 392 g/mol. The summed E-state index contributed by atoms with van der Waals surface area (Å²) in [4.78, 5) is 13.8. The SMILES string of the molecule is O=C1C[C@H](NCc2cccc3c2OCO3)CN1Cc1ccccc1C(F)(F)F. The van der Waals surface area contributed by atoms with Gasteiger partial charge in [-0.15, -0.1) is 0 Å². The Morgan fingerprint density at radius 2 is 1.86 bits per heavy atom. The van der Waals surface area contributed by atoms with Gasteiger partial charge in [-0.2, -0.15) is 13.2 Å². The standard InChI is InChI=1S/C20H19F3N2O3/c21-20(22,23)16-6-2-1-4-14(16)10-25-11-15(8-18(25)26)24-9-13-5-3-7-17-19(13)28-12-27-17/h1-7,15,24H,8-12H2/t15-/m0/s1. The number of ether oxygens (including phenoxy) is 2. The van der Waals surface area contributed by atoms with Gasteiger partial charge in [0.25, 0.3) is 0 Å². The first-order valence-electron chi connectivity index (χ1n) is 8.95. The van der Waals surface area contributed by atoms with E-state index in [1.165, 1.54) is 17.0 Å². The number of alkyl halides is 3. The molecule has 148 valence electrons. The number of benzene rings is 2. The van der Waals surface area contributed by atoms with E-state index in [2.05, 4.69) is 5.32 Å². The van der Waals surface area contributed by atoms with Crippen LogP contribution in [0.3, 0.4) is 0 Å². The first-order valence-corrected chi connectivity index (χ1v) is 8.95. The minimum Gasteiger partial charge on any atom is -0.454 e. The average molecular weight is 392 g/mol. The fraction of sp³-hybridized carbons (Fsp3) is 0.350. The summed E-state index contributed by atoms with van der Waals surface area (Å²) in [5, 5.41) is 3.30. The average Bonchev–Trinajstić information content (AvgIpc) is 3.26. The summed E-state index contributed by atoms with van der Waals surface area (Å²) < 4.78 is 50.3. The fourth-order valence-electron chi connectivity index (χ4n) is 3.59. The van der Waals surface area contributed by atoms with Crippen molar-refractivity contribution in [3.8, 4) is 11.5 Å². The van der Waals surface area contributed by atoms with Gasteiger partial charge in [0.1, 0.15) is 0 Å². The van der Waals surface area contributed by atoms with Gasteiger partial charge in [-0.25, -0.2) is 0 Å². The van der Waals surface area contributed by atoms with Crippen LogP contribution < -0.4 is 14.8 Å². The number of carbonyl (C=O) groups is 1. The van der Waals surface area contributed by atoms with Gasteiger partial charge in [0.15, 0.2) is 11.5 Å². The molecule has 2 aromatic rings. The number of hydrogen-bond donors (Lipinski definition) is 1. The van der Waals surface area contributed by atoms with Crippen molar-refractivity contribution in [2.24, 2.45) is 0 Å². The molecule has 1 N–H and O–H groups in total. The molecular formula is C20H19F3N2O3. The van der Waals surface area contributed by atoms with Gasteiger partial charge >= 0.3 is 6.18 Å². The lowest BCUT2D eigenvalue weighted by molar-refractivity contribution is -0.139. The van der Waals surface area contributed by atoms with E-state index in [0.29, 0.717) is 24.6 Å². The summed E-state index contributed by atoms with van der Waals surface area (Å²) in [6, 6.07) is 10.8. The number of hydrogen-bond acceptors (Lipinski definition) is 4. The van der Waals surface area contributed by atoms with Crippen LogP contribution >= 0.6 is 0 Å². The highest BCUT2D eigenvalue weighted by atomic mass is 19.4. The predicted molar refractivity (Wildman–Crippen MR) is 94.7 cm³/mol. The van der Waals surface area contributed by atoms with Crippen LogP contribution in [-0.4, -0.2) is 30.2 Å². The van der Waals surface area contributed by atoms with E-state index < -0.39 is 11.7 Å². The molecule has 5 nitrogen and oxygen atoms in total. The first-order chi connectivity index (χ1) is 13.4. The lowest BCUT2D eigenvalue weighted by atomic mass is 10.1. The van der Waals surface area contributed by atoms with E-state index in [1.807, 2.05) is 18.2 Å². The van der Waals surface area contributed by atoms with Gasteiger partial charge in [0.2, 0.25) is 12.7 Å². The number of likely N-dealkylation sites (tertiary alicyclic amines) is 1. The summed E-state index contributed by atoms with van der Waals surface area (Å²) >= 11 is 0. The van der Waals surface area contributed by atoms with Crippen LogP contribution in [-0.2, 0) is 24.1 Å². The quantitative estimate of drug-likeness (QED) is 0.848. The molecule has 1 fully saturated rings. The van der Waals surface area contributed by atoms with Gasteiger partial charge in [-0.1, -0.05) is 30.3 Å². The zero-order valence-corrected chi connectivity index (χ0v) is 15.0. The van der Waals surface area contributed by atoms with Crippen molar-refractivity contribution in [2.75, 3.05) is 13.3 Å². The molecule has 4 rings (SSSR count). The van der Waals surface area contributed by atoms with Crippen LogP contribution in [0.5, 0.6) is 11.5 Å². The Balaban J connectivity index is 1.40. The molecule has 2 aliphatic rings. The topological polar surface area (TPSA) is 50.8 Å². The van der Waals surface area contributed by atoms with E-state index in [9.17, 15) is 18.0 Å². The number of nitrogens with one attached hydrogen (secondary N) is 1. The highest BCUT2D eigenvalue weighted by Gasteiger charge is 2.35.